The number of halogens is 1. The Morgan fingerprint density at radius 1 is 1.35 bits per heavy atom. The fraction of sp³-hybridized carbons (Fsp3) is 0.417. The Labute approximate surface area is 124 Å². The molecule has 1 unspecified atom stereocenters. The fourth-order valence-corrected chi connectivity index (χ4v) is 1.69. The van der Waals surface area contributed by atoms with Crippen molar-refractivity contribution in [3.63, 3.8) is 0 Å². The molecule has 0 spiro atoms. The monoisotopic (exact) mass is 346 g/mol. The standard InChI is InChI=1S/C12H15BrN2O5/c1-7(12(18)19)15(3)10(16)6-14(2)11(17)8-4-5-9(13)20-8/h4-5,7H,6H2,1-3H3,(H,18,19). The van der Waals surface area contributed by atoms with Gasteiger partial charge in [0.2, 0.25) is 5.91 Å². The normalized spacial score (nSPS) is 11.8. The van der Waals surface area contributed by atoms with Crippen molar-refractivity contribution >= 4 is 33.7 Å². The van der Waals surface area contributed by atoms with Gasteiger partial charge in [0.1, 0.15) is 6.04 Å². The molecular formula is C12H15BrN2O5. The molecule has 0 aliphatic carbocycles. The van der Waals surface area contributed by atoms with Crippen molar-refractivity contribution in [2.45, 2.75) is 13.0 Å². The highest BCUT2D eigenvalue weighted by Gasteiger charge is 2.25. The van der Waals surface area contributed by atoms with Gasteiger partial charge in [-0.3, -0.25) is 9.59 Å². The molecule has 1 aromatic rings. The summed E-state index contributed by atoms with van der Waals surface area (Å²) < 4.78 is 5.51. The number of hydrogen-bond acceptors (Lipinski definition) is 4. The maximum atomic E-state index is 11.9. The molecule has 0 aliphatic heterocycles. The first kappa shape index (κ1) is 16.2. The van der Waals surface area contributed by atoms with Crippen LogP contribution in [-0.4, -0.2) is 59.4 Å². The highest BCUT2D eigenvalue weighted by molar-refractivity contribution is 9.10. The highest BCUT2D eigenvalue weighted by Crippen LogP contribution is 2.15. The number of carbonyl (C=O) groups is 3. The molecule has 0 bridgehead atoms. The number of carboxylic acid groups (broad SMARTS) is 1. The third kappa shape index (κ3) is 3.83. The van der Waals surface area contributed by atoms with E-state index in [-0.39, 0.29) is 12.3 Å². The van der Waals surface area contributed by atoms with E-state index in [2.05, 4.69) is 15.9 Å². The number of carboxylic acids is 1. The van der Waals surface area contributed by atoms with Gasteiger partial charge in [-0.1, -0.05) is 0 Å². The predicted octanol–water partition coefficient (Wildman–Crippen LogP) is 1.05. The molecule has 0 saturated carbocycles. The molecule has 110 valence electrons. The minimum atomic E-state index is -1.11. The minimum absolute atomic E-state index is 0.0983. The molecule has 0 saturated heterocycles. The lowest BCUT2D eigenvalue weighted by molar-refractivity contribution is -0.148. The molecule has 1 N–H and O–H groups in total. The van der Waals surface area contributed by atoms with E-state index < -0.39 is 23.8 Å². The number of nitrogens with zero attached hydrogens (tertiary/aromatic N) is 2. The summed E-state index contributed by atoms with van der Waals surface area (Å²) in [4.78, 5) is 36.8. The van der Waals surface area contributed by atoms with Gasteiger partial charge >= 0.3 is 5.97 Å². The first-order valence-electron chi connectivity index (χ1n) is 5.73. The first-order chi connectivity index (χ1) is 9.23. The molecule has 1 aromatic heterocycles. The van der Waals surface area contributed by atoms with Crippen molar-refractivity contribution in [2.24, 2.45) is 0 Å². The quantitative estimate of drug-likeness (QED) is 0.860. The maximum Gasteiger partial charge on any atom is 0.326 e. The number of furan rings is 1. The third-order valence-corrected chi connectivity index (χ3v) is 3.26. The topological polar surface area (TPSA) is 91.1 Å². The van der Waals surface area contributed by atoms with Crippen molar-refractivity contribution < 1.29 is 23.9 Å². The lowest BCUT2D eigenvalue weighted by Crippen LogP contribution is -2.45. The second-order valence-electron chi connectivity index (χ2n) is 4.28. The lowest BCUT2D eigenvalue weighted by atomic mass is 10.3. The van der Waals surface area contributed by atoms with E-state index in [0.29, 0.717) is 4.67 Å². The summed E-state index contributed by atoms with van der Waals surface area (Å²) in [6.45, 7) is 1.16. The Bertz CT molecular complexity index is 528. The Hall–Kier alpha value is -1.83. The van der Waals surface area contributed by atoms with E-state index in [0.717, 1.165) is 4.90 Å². The van der Waals surface area contributed by atoms with E-state index in [9.17, 15) is 14.4 Å². The molecule has 0 fully saturated rings. The van der Waals surface area contributed by atoms with Crippen LogP contribution >= 0.6 is 15.9 Å². The Morgan fingerprint density at radius 3 is 2.40 bits per heavy atom. The molecule has 1 heterocycles. The van der Waals surface area contributed by atoms with E-state index in [1.54, 1.807) is 6.07 Å². The molecule has 1 rings (SSSR count). The van der Waals surface area contributed by atoms with Crippen LogP contribution < -0.4 is 0 Å². The third-order valence-electron chi connectivity index (χ3n) is 2.83. The van der Waals surface area contributed by atoms with Gasteiger partial charge in [-0.25, -0.2) is 4.79 Å². The fourth-order valence-electron chi connectivity index (χ4n) is 1.39. The highest BCUT2D eigenvalue weighted by atomic mass is 79.9. The molecule has 0 radical (unpaired) electrons. The van der Waals surface area contributed by atoms with E-state index in [1.165, 1.54) is 32.0 Å². The molecule has 7 nitrogen and oxygen atoms in total. The smallest absolute Gasteiger partial charge is 0.326 e. The zero-order valence-electron chi connectivity index (χ0n) is 11.3. The van der Waals surface area contributed by atoms with E-state index in [4.69, 9.17) is 9.52 Å². The van der Waals surface area contributed by atoms with Gasteiger partial charge in [-0.15, -0.1) is 0 Å². The summed E-state index contributed by atoms with van der Waals surface area (Å²) in [5, 5.41) is 8.83. The zero-order chi connectivity index (χ0) is 15.4. The molecule has 8 heteroatoms. The van der Waals surface area contributed by atoms with Gasteiger partial charge < -0.3 is 19.3 Å². The van der Waals surface area contributed by atoms with Crippen LogP contribution in [0.5, 0.6) is 0 Å². The SMILES string of the molecule is CC(C(=O)O)N(C)C(=O)CN(C)C(=O)c1ccc(Br)o1. The van der Waals surface area contributed by atoms with Gasteiger partial charge in [0.15, 0.2) is 10.4 Å². The number of amides is 2. The summed E-state index contributed by atoms with van der Waals surface area (Å²) in [5.41, 5.74) is 0. The largest absolute Gasteiger partial charge is 0.480 e. The molecule has 2 amide bonds. The Balaban J connectivity index is 2.66. The van der Waals surface area contributed by atoms with Crippen LogP contribution in [0.3, 0.4) is 0 Å². The van der Waals surface area contributed by atoms with Crippen molar-refractivity contribution in [3.05, 3.63) is 22.6 Å². The van der Waals surface area contributed by atoms with Gasteiger partial charge in [0.25, 0.3) is 5.91 Å². The second-order valence-corrected chi connectivity index (χ2v) is 5.07. The van der Waals surface area contributed by atoms with Crippen LogP contribution in [0.25, 0.3) is 0 Å². The summed E-state index contributed by atoms with van der Waals surface area (Å²) >= 11 is 3.08. The lowest BCUT2D eigenvalue weighted by Gasteiger charge is -2.24. The Kier molecular flexibility index (Phi) is 5.32. The van der Waals surface area contributed by atoms with E-state index >= 15 is 0 Å². The van der Waals surface area contributed by atoms with Gasteiger partial charge in [-0.2, -0.15) is 0 Å². The maximum absolute atomic E-state index is 11.9. The van der Waals surface area contributed by atoms with Gasteiger partial charge in [0, 0.05) is 14.1 Å². The van der Waals surface area contributed by atoms with Crippen LogP contribution in [-0.2, 0) is 9.59 Å². The van der Waals surface area contributed by atoms with E-state index in [1.807, 2.05) is 0 Å². The molecular weight excluding hydrogens is 332 g/mol. The Morgan fingerprint density at radius 2 is 1.95 bits per heavy atom. The molecule has 0 aromatic carbocycles. The van der Waals surface area contributed by atoms with Crippen molar-refractivity contribution in [2.75, 3.05) is 20.6 Å². The summed E-state index contributed by atoms with van der Waals surface area (Å²) in [5.74, 6) is -1.94. The zero-order valence-corrected chi connectivity index (χ0v) is 12.9. The first-order valence-corrected chi connectivity index (χ1v) is 6.52. The van der Waals surface area contributed by atoms with Crippen LogP contribution in [0, 0.1) is 0 Å². The number of rotatable bonds is 5. The molecule has 1 atom stereocenters. The average Bonchev–Trinajstić information content (AvgIpc) is 2.82. The van der Waals surface area contributed by atoms with Crippen LogP contribution in [0.1, 0.15) is 17.5 Å². The van der Waals surface area contributed by atoms with Crippen molar-refractivity contribution in [1.29, 1.82) is 0 Å². The van der Waals surface area contributed by atoms with Crippen molar-refractivity contribution in [1.82, 2.24) is 9.80 Å². The van der Waals surface area contributed by atoms with Crippen molar-refractivity contribution in [3.8, 4) is 0 Å². The van der Waals surface area contributed by atoms with Crippen LogP contribution in [0.15, 0.2) is 21.2 Å². The summed E-state index contributed by atoms with van der Waals surface area (Å²) in [6, 6.07) is 2.10. The minimum Gasteiger partial charge on any atom is -0.480 e. The van der Waals surface area contributed by atoms with Gasteiger partial charge in [-0.05, 0) is 35.0 Å². The number of hydrogen-bond donors (Lipinski definition) is 1. The number of carbonyl (C=O) groups excluding carboxylic acids is 2. The van der Waals surface area contributed by atoms with Crippen LogP contribution in [0.4, 0.5) is 0 Å². The van der Waals surface area contributed by atoms with Crippen LogP contribution in [0.2, 0.25) is 0 Å². The number of aliphatic carboxylic acids is 1. The molecule has 0 aliphatic rings. The van der Waals surface area contributed by atoms with Gasteiger partial charge in [0.05, 0.1) is 6.54 Å². The summed E-state index contributed by atoms with van der Waals surface area (Å²) in [6.07, 6.45) is 0. The average molecular weight is 347 g/mol. The predicted molar refractivity (Wildman–Crippen MR) is 73.2 cm³/mol. The second kappa shape index (κ2) is 6.56. The summed E-state index contributed by atoms with van der Waals surface area (Å²) in [7, 11) is 2.82. The number of likely N-dealkylation sites (N-methyl/N-ethyl adjacent to an activating group) is 2. The molecule has 20 heavy (non-hydrogen) atoms.